The topological polar surface area (TPSA) is 68.0 Å². The minimum Gasteiger partial charge on any atom is -0.381 e. The van der Waals surface area contributed by atoms with Gasteiger partial charge in [-0.05, 0) is 48.5 Å². The second-order valence-electron chi connectivity index (χ2n) is 5.25. The number of allylic oxidation sites excluding steroid dienone is 1. The quantitative estimate of drug-likeness (QED) is 0.880. The monoisotopic (exact) mass is 313 g/mol. The summed E-state index contributed by atoms with van der Waals surface area (Å²) in [6, 6.07) is 3.58. The number of hydrogen-bond acceptors (Lipinski definition) is 5. The Bertz CT molecular complexity index is 776. The molecule has 6 heteroatoms. The summed E-state index contributed by atoms with van der Waals surface area (Å²) in [6.07, 6.45) is 10.1. The molecule has 0 aromatic carbocycles. The number of carbonyl (C=O) groups is 1. The average Bonchev–Trinajstić information content (AvgIpc) is 2.97. The summed E-state index contributed by atoms with van der Waals surface area (Å²) in [5.74, 6) is -0.171. The molecule has 2 heterocycles. The van der Waals surface area contributed by atoms with Gasteiger partial charge >= 0.3 is 0 Å². The molecule has 5 nitrogen and oxygen atoms in total. The van der Waals surface area contributed by atoms with Crippen molar-refractivity contribution < 1.29 is 9.90 Å². The first-order chi connectivity index (χ1) is 10.5. The molecule has 0 aliphatic heterocycles. The third kappa shape index (κ3) is 2.75. The highest BCUT2D eigenvalue weighted by molar-refractivity contribution is 8.03. The van der Waals surface area contributed by atoms with Crippen molar-refractivity contribution in [1.82, 2.24) is 14.5 Å². The van der Waals surface area contributed by atoms with Crippen LogP contribution in [0.3, 0.4) is 0 Å². The molecule has 1 N–H and O–H groups in total. The van der Waals surface area contributed by atoms with E-state index in [1.165, 1.54) is 11.8 Å². The molecule has 0 fully saturated rings. The Morgan fingerprint density at radius 2 is 2.05 bits per heavy atom. The normalized spacial score (nSPS) is 23.1. The smallest absolute Gasteiger partial charge is 0.198 e. The maximum absolute atomic E-state index is 12.6. The summed E-state index contributed by atoms with van der Waals surface area (Å²) in [7, 11) is 1.86. The summed E-state index contributed by atoms with van der Waals surface area (Å²) in [6.45, 7) is 1.61. The standard InChI is InChI=1S/C16H15N3O2S/c1-16(21)10-13(22-15-18-7-8-19(15)2)14(20)12(16)9-11-3-5-17-6-4-11/h3-10,21H,1-2H3/b12-9-. The summed E-state index contributed by atoms with van der Waals surface area (Å²) in [4.78, 5) is 21.2. The number of pyridine rings is 1. The molecule has 1 unspecified atom stereocenters. The van der Waals surface area contributed by atoms with Gasteiger partial charge in [-0.3, -0.25) is 9.78 Å². The maximum Gasteiger partial charge on any atom is 0.198 e. The molecule has 0 saturated heterocycles. The number of ketones is 1. The van der Waals surface area contributed by atoms with Crippen molar-refractivity contribution in [2.75, 3.05) is 0 Å². The maximum atomic E-state index is 12.6. The molecule has 0 spiro atoms. The van der Waals surface area contributed by atoms with Crippen LogP contribution in [0.5, 0.6) is 0 Å². The molecule has 112 valence electrons. The van der Waals surface area contributed by atoms with Crippen molar-refractivity contribution in [2.24, 2.45) is 7.05 Å². The Hall–Kier alpha value is -2.18. The second kappa shape index (κ2) is 5.55. The molecule has 0 bridgehead atoms. The molecular formula is C16H15N3O2S. The van der Waals surface area contributed by atoms with Crippen LogP contribution in [-0.4, -0.2) is 31.0 Å². The van der Waals surface area contributed by atoms with Gasteiger partial charge in [-0.1, -0.05) is 0 Å². The number of nitrogens with zero attached hydrogens (tertiary/aromatic N) is 3. The van der Waals surface area contributed by atoms with Crippen LogP contribution in [0.1, 0.15) is 12.5 Å². The second-order valence-corrected chi connectivity index (χ2v) is 6.26. The molecule has 0 radical (unpaired) electrons. The van der Waals surface area contributed by atoms with E-state index in [1.54, 1.807) is 49.8 Å². The van der Waals surface area contributed by atoms with E-state index < -0.39 is 5.60 Å². The van der Waals surface area contributed by atoms with Gasteiger partial charge in [0.25, 0.3) is 0 Å². The van der Waals surface area contributed by atoms with Crippen molar-refractivity contribution in [2.45, 2.75) is 17.7 Å². The van der Waals surface area contributed by atoms with E-state index in [0.29, 0.717) is 15.6 Å². The number of thioether (sulfide) groups is 1. The van der Waals surface area contributed by atoms with Crippen molar-refractivity contribution in [3.05, 3.63) is 59.0 Å². The predicted octanol–water partition coefficient (Wildman–Crippen LogP) is 2.21. The zero-order valence-corrected chi connectivity index (χ0v) is 13.0. The Morgan fingerprint density at radius 3 is 2.68 bits per heavy atom. The minimum atomic E-state index is -1.28. The third-order valence-corrected chi connectivity index (χ3v) is 4.52. The number of Topliss-reactive ketones (excluding diaryl/α,β-unsaturated/α-hetero) is 1. The van der Waals surface area contributed by atoms with E-state index >= 15 is 0 Å². The highest BCUT2D eigenvalue weighted by Gasteiger charge is 2.38. The van der Waals surface area contributed by atoms with Crippen molar-refractivity contribution in [3.8, 4) is 0 Å². The predicted molar refractivity (Wildman–Crippen MR) is 85.0 cm³/mol. The lowest BCUT2D eigenvalue weighted by Crippen LogP contribution is -2.22. The van der Waals surface area contributed by atoms with Crippen molar-refractivity contribution in [3.63, 3.8) is 0 Å². The molecule has 0 amide bonds. The van der Waals surface area contributed by atoms with Gasteiger partial charge in [0.2, 0.25) is 0 Å². The molecule has 1 aliphatic rings. The molecule has 1 atom stereocenters. The molecule has 1 aliphatic carbocycles. The molecule has 22 heavy (non-hydrogen) atoms. The van der Waals surface area contributed by atoms with Crippen molar-refractivity contribution in [1.29, 1.82) is 0 Å². The first kappa shape index (κ1) is 14.7. The molecule has 3 rings (SSSR count). The summed E-state index contributed by atoms with van der Waals surface area (Å²) < 4.78 is 1.83. The summed E-state index contributed by atoms with van der Waals surface area (Å²) in [5, 5.41) is 11.2. The van der Waals surface area contributed by atoms with Crippen LogP contribution < -0.4 is 0 Å². The zero-order valence-electron chi connectivity index (χ0n) is 12.2. The molecule has 0 saturated carbocycles. The third-order valence-electron chi connectivity index (χ3n) is 3.42. The van der Waals surface area contributed by atoms with E-state index in [0.717, 1.165) is 5.56 Å². The zero-order chi connectivity index (χ0) is 15.7. The lowest BCUT2D eigenvalue weighted by atomic mass is 9.97. The van der Waals surface area contributed by atoms with Gasteiger partial charge in [-0.15, -0.1) is 0 Å². The van der Waals surface area contributed by atoms with Gasteiger partial charge in [0.1, 0.15) is 5.60 Å². The van der Waals surface area contributed by atoms with Gasteiger partial charge in [-0.25, -0.2) is 4.98 Å². The number of aliphatic hydroxyl groups is 1. The number of rotatable bonds is 3. The van der Waals surface area contributed by atoms with Crippen LogP contribution in [0, 0.1) is 0 Å². The number of imidazole rings is 1. The number of aromatic nitrogens is 3. The Kier molecular flexibility index (Phi) is 3.72. The van der Waals surface area contributed by atoms with Crippen LogP contribution in [0.15, 0.2) is 58.6 Å². The van der Waals surface area contributed by atoms with Crippen LogP contribution in [0.4, 0.5) is 0 Å². The van der Waals surface area contributed by atoms with Gasteiger partial charge in [0.05, 0.1) is 4.91 Å². The summed E-state index contributed by atoms with van der Waals surface area (Å²) >= 11 is 1.26. The van der Waals surface area contributed by atoms with Crippen LogP contribution in [-0.2, 0) is 11.8 Å². The van der Waals surface area contributed by atoms with Gasteiger partial charge < -0.3 is 9.67 Å². The Balaban J connectivity index is 1.92. The van der Waals surface area contributed by atoms with E-state index in [2.05, 4.69) is 9.97 Å². The fourth-order valence-electron chi connectivity index (χ4n) is 2.22. The number of carbonyl (C=O) groups excluding carboxylic acids is 1. The van der Waals surface area contributed by atoms with E-state index in [4.69, 9.17) is 0 Å². The van der Waals surface area contributed by atoms with Crippen LogP contribution in [0.2, 0.25) is 0 Å². The first-order valence-electron chi connectivity index (χ1n) is 6.75. The van der Waals surface area contributed by atoms with Gasteiger partial charge in [0.15, 0.2) is 10.9 Å². The SMILES string of the molecule is Cn1ccnc1SC1=CC(C)(O)/C(=C\c2ccncc2)C1=O. The Morgan fingerprint density at radius 1 is 1.32 bits per heavy atom. The fraction of sp³-hybridized carbons (Fsp3) is 0.188. The lowest BCUT2D eigenvalue weighted by molar-refractivity contribution is -0.112. The van der Waals surface area contributed by atoms with Crippen LogP contribution >= 0.6 is 11.8 Å². The van der Waals surface area contributed by atoms with Crippen LogP contribution in [0.25, 0.3) is 6.08 Å². The Labute approximate surface area is 132 Å². The minimum absolute atomic E-state index is 0.171. The highest BCUT2D eigenvalue weighted by atomic mass is 32.2. The average molecular weight is 313 g/mol. The largest absolute Gasteiger partial charge is 0.381 e. The molecule has 2 aromatic rings. The van der Waals surface area contributed by atoms with Gasteiger partial charge in [0, 0.05) is 37.4 Å². The number of aryl methyl sites for hydroxylation is 1. The number of hydrogen-bond donors (Lipinski definition) is 1. The highest BCUT2D eigenvalue weighted by Crippen LogP contribution is 2.39. The van der Waals surface area contributed by atoms with E-state index in [9.17, 15) is 9.90 Å². The lowest BCUT2D eigenvalue weighted by Gasteiger charge is -2.15. The fourth-order valence-corrected chi connectivity index (χ4v) is 3.23. The summed E-state index contributed by atoms with van der Waals surface area (Å²) in [5.41, 5.74) is -0.0981. The van der Waals surface area contributed by atoms with Gasteiger partial charge in [-0.2, -0.15) is 0 Å². The van der Waals surface area contributed by atoms with E-state index in [1.807, 2.05) is 17.8 Å². The first-order valence-corrected chi connectivity index (χ1v) is 7.56. The molecule has 2 aromatic heterocycles. The van der Waals surface area contributed by atoms with Crippen molar-refractivity contribution >= 4 is 23.6 Å². The molecular weight excluding hydrogens is 298 g/mol. The van der Waals surface area contributed by atoms with E-state index in [-0.39, 0.29) is 5.78 Å².